The van der Waals surface area contributed by atoms with Crippen molar-refractivity contribution in [3.8, 4) is 5.75 Å². The molecule has 0 spiro atoms. The molecule has 0 amide bonds. The number of aromatic hydroxyl groups is 1. The smallest absolute Gasteiger partial charge is 0.382 e. The minimum absolute atomic E-state index is 0.00704. The summed E-state index contributed by atoms with van der Waals surface area (Å²) in [5.74, 6) is -0.530. The van der Waals surface area contributed by atoms with E-state index in [1.807, 2.05) is 37.7 Å². The van der Waals surface area contributed by atoms with Crippen molar-refractivity contribution in [3.05, 3.63) is 23.5 Å². The molecule has 2 aromatic rings. The summed E-state index contributed by atoms with van der Waals surface area (Å²) in [5, 5.41) is 11.0. The van der Waals surface area contributed by atoms with Crippen molar-refractivity contribution >= 4 is 17.0 Å². The fraction of sp³-hybridized carbons (Fsp3) is 0.385. The van der Waals surface area contributed by atoms with Gasteiger partial charge in [0.25, 0.3) is 11.3 Å². The van der Waals surface area contributed by atoms with Gasteiger partial charge < -0.3 is 9.84 Å². The molecule has 2 heterocycles. The summed E-state index contributed by atoms with van der Waals surface area (Å²) in [5.41, 5.74) is 1.95. The monoisotopic (exact) mass is 249 g/mol. The Bertz CT molecular complexity index is 629. The minimum atomic E-state index is -0.523. The van der Waals surface area contributed by atoms with Gasteiger partial charge in [0, 0.05) is 0 Å². The third-order valence-corrected chi connectivity index (χ3v) is 3.18. The molecule has 0 aliphatic carbocycles. The number of hydrogen-bond donors (Lipinski definition) is 1. The van der Waals surface area contributed by atoms with Gasteiger partial charge in [-0.1, -0.05) is 0 Å². The van der Waals surface area contributed by atoms with Gasteiger partial charge in [0.2, 0.25) is 0 Å². The highest BCUT2D eigenvalue weighted by molar-refractivity contribution is 6.00. The first-order chi connectivity index (χ1) is 8.52. The number of rotatable bonds is 2. The van der Waals surface area contributed by atoms with Crippen LogP contribution in [-0.4, -0.2) is 22.8 Å². The third kappa shape index (κ3) is 1.54. The molecular formula is C13H17N2O3+. The number of aryl methyl sites for hydroxylation is 3. The van der Waals surface area contributed by atoms with Crippen molar-refractivity contribution in [2.75, 3.05) is 7.11 Å². The Balaban J connectivity index is 2.96. The number of fused-ring (bicyclic) bond motifs is 1. The maximum atomic E-state index is 11.8. The van der Waals surface area contributed by atoms with E-state index >= 15 is 0 Å². The fourth-order valence-corrected chi connectivity index (χ4v) is 2.31. The number of esters is 1. The number of pyridine rings is 1. The molecule has 2 rings (SSSR count). The summed E-state index contributed by atoms with van der Waals surface area (Å²) in [6.45, 7) is 4.41. The van der Waals surface area contributed by atoms with Crippen LogP contribution in [0.15, 0.2) is 12.3 Å². The molecular weight excluding hydrogens is 232 g/mol. The van der Waals surface area contributed by atoms with E-state index in [0.29, 0.717) is 11.9 Å². The zero-order valence-corrected chi connectivity index (χ0v) is 11.0. The number of aromatic nitrogens is 2. The number of methoxy groups -OCH3 is 1. The molecule has 0 unspecified atom stereocenters. The van der Waals surface area contributed by atoms with E-state index in [0.717, 1.165) is 11.2 Å². The SMILES string of the molecule is CCn1c(C(=O)OC)c(O)c2c(C)cc[n+](C)c21. The molecule has 0 aliphatic rings. The van der Waals surface area contributed by atoms with Crippen LogP contribution < -0.4 is 4.57 Å². The lowest BCUT2D eigenvalue weighted by Crippen LogP contribution is -2.31. The zero-order valence-electron chi connectivity index (χ0n) is 11.0. The van der Waals surface area contributed by atoms with Crippen LogP contribution in [0.1, 0.15) is 23.0 Å². The molecule has 5 heteroatoms. The van der Waals surface area contributed by atoms with Gasteiger partial charge in [0.05, 0.1) is 26.9 Å². The first kappa shape index (κ1) is 12.4. The van der Waals surface area contributed by atoms with E-state index in [1.54, 1.807) is 4.57 Å². The summed E-state index contributed by atoms with van der Waals surface area (Å²) < 4.78 is 8.39. The Hall–Kier alpha value is -2.04. The highest BCUT2D eigenvalue weighted by Gasteiger charge is 2.31. The van der Waals surface area contributed by atoms with E-state index in [-0.39, 0.29) is 11.4 Å². The second kappa shape index (κ2) is 4.33. The molecule has 96 valence electrons. The largest absolute Gasteiger partial charge is 0.503 e. The summed E-state index contributed by atoms with van der Waals surface area (Å²) in [6, 6.07) is 1.91. The molecule has 18 heavy (non-hydrogen) atoms. The van der Waals surface area contributed by atoms with Crippen molar-refractivity contribution < 1.29 is 19.2 Å². The molecule has 0 fully saturated rings. The topological polar surface area (TPSA) is 55.3 Å². The van der Waals surface area contributed by atoms with Gasteiger partial charge in [-0.05, 0) is 25.5 Å². The van der Waals surface area contributed by atoms with Gasteiger partial charge in [0.15, 0.2) is 5.75 Å². The van der Waals surface area contributed by atoms with Crippen molar-refractivity contribution in [2.45, 2.75) is 20.4 Å². The molecule has 5 nitrogen and oxygen atoms in total. The van der Waals surface area contributed by atoms with Crippen LogP contribution >= 0.6 is 0 Å². The summed E-state index contributed by atoms with van der Waals surface area (Å²) in [7, 11) is 3.20. The van der Waals surface area contributed by atoms with E-state index in [1.165, 1.54) is 7.11 Å². The number of carbonyl (C=O) groups is 1. The van der Waals surface area contributed by atoms with Crippen LogP contribution in [0.25, 0.3) is 11.0 Å². The second-order valence-corrected chi connectivity index (χ2v) is 4.24. The van der Waals surface area contributed by atoms with Crippen LogP contribution in [0.2, 0.25) is 0 Å². The maximum absolute atomic E-state index is 11.8. The highest BCUT2D eigenvalue weighted by Crippen LogP contribution is 2.32. The molecule has 0 saturated heterocycles. The molecule has 0 bridgehead atoms. The van der Waals surface area contributed by atoms with E-state index in [2.05, 4.69) is 0 Å². The first-order valence-corrected chi connectivity index (χ1v) is 5.81. The Morgan fingerprint density at radius 2 is 2.22 bits per heavy atom. The number of carbonyl (C=O) groups excluding carboxylic acids is 1. The predicted molar refractivity (Wildman–Crippen MR) is 66.5 cm³/mol. The van der Waals surface area contributed by atoms with Crippen molar-refractivity contribution in [3.63, 3.8) is 0 Å². The van der Waals surface area contributed by atoms with E-state index in [4.69, 9.17) is 4.74 Å². The van der Waals surface area contributed by atoms with Gasteiger partial charge in [-0.3, -0.25) is 0 Å². The van der Waals surface area contributed by atoms with Crippen molar-refractivity contribution in [1.82, 2.24) is 4.57 Å². The highest BCUT2D eigenvalue weighted by atomic mass is 16.5. The minimum Gasteiger partial charge on any atom is -0.503 e. The van der Waals surface area contributed by atoms with Crippen LogP contribution in [0, 0.1) is 6.92 Å². The number of hydrogen-bond acceptors (Lipinski definition) is 3. The summed E-state index contributed by atoms with van der Waals surface area (Å²) in [4.78, 5) is 11.8. The van der Waals surface area contributed by atoms with Gasteiger partial charge in [0.1, 0.15) is 5.39 Å². The average Bonchev–Trinajstić information content (AvgIpc) is 2.67. The molecule has 0 saturated carbocycles. The molecule has 0 radical (unpaired) electrons. The van der Waals surface area contributed by atoms with Crippen LogP contribution in [0.3, 0.4) is 0 Å². The normalized spacial score (nSPS) is 10.9. The van der Waals surface area contributed by atoms with Gasteiger partial charge in [-0.2, -0.15) is 0 Å². The van der Waals surface area contributed by atoms with Gasteiger partial charge in [-0.25, -0.2) is 13.9 Å². The Morgan fingerprint density at radius 3 is 2.78 bits per heavy atom. The summed E-state index contributed by atoms with van der Waals surface area (Å²) in [6.07, 6.45) is 1.91. The lowest BCUT2D eigenvalue weighted by molar-refractivity contribution is -0.647. The Kier molecular flexibility index (Phi) is 2.98. The lowest BCUT2D eigenvalue weighted by Gasteiger charge is -2.01. The van der Waals surface area contributed by atoms with E-state index < -0.39 is 5.97 Å². The molecule has 2 aromatic heterocycles. The van der Waals surface area contributed by atoms with Crippen LogP contribution in [0.4, 0.5) is 0 Å². The maximum Gasteiger partial charge on any atom is 0.382 e. The molecule has 1 N–H and O–H groups in total. The quantitative estimate of drug-likeness (QED) is 0.644. The lowest BCUT2D eigenvalue weighted by atomic mass is 10.2. The van der Waals surface area contributed by atoms with Crippen molar-refractivity contribution in [2.24, 2.45) is 7.05 Å². The van der Waals surface area contributed by atoms with Gasteiger partial charge in [-0.15, -0.1) is 0 Å². The van der Waals surface area contributed by atoms with Crippen LogP contribution in [0.5, 0.6) is 5.75 Å². The zero-order chi connectivity index (χ0) is 13.4. The van der Waals surface area contributed by atoms with Gasteiger partial charge >= 0.3 is 5.97 Å². The molecule has 0 aliphatic heterocycles. The standard InChI is InChI=1S/C13H16N2O3/c1-5-15-10(13(17)18-4)11(16)9-8(2)6-7-14(3)12(9)15/h6-7H,5H2,1-4H3/p+1. The Labute approximate surface area is 105 Å². The third-order valence-electron chi connectivity index (χ3n) is 3.18. The summed E-state index contributed by atoms with van der Waals surface area (Å²) >= 11 is 0. The number of ether oxygens (including phenoxy) is 1. The predicted octanol–water partition coefficient (Wildman–Crippen LogP) is 1.29. The van der Waals surface area contributed by atoms with E-state index in [9.17, 15) is 9.90 Å². The molecule has 0 aromatic carbocycles. The van der Waals surface area contributed by atoms with Crippen molar-refractivity contribution in [1.29, 1.82) is 0 Å². The first-order valence-electron chi connectivity index (χ1n) is 5.81. The second-order valence-electron chi connectivity index (χ2n) is 4.24. The Morgan fingerprint density at radius 1 is 1.56 bits per heavy atom. The average molecular weight is 249 g/mol. The fourth-order valence-electron chi connectivity index (χ4n) is 2.31. The molecule has 0 atom stereocenters. The van der Waals surface area contributed by atoms with Crippen LogP contribution in [-0.2, 0) is 18.3 Å². The number of nitrogens with zero attached hydrogens (tertiary/aromatic N) is 2.